The standard InChI is InChI=1S/C17H23NO6/c1-10-7-13(22-2)14(23-3)8-12(10)16(19)18-15(17(20)21)11-5-4-6-24-9-11/h7-8,11,15H,4-6,9H2,1-3H3,(H,18,19)(H,20,21). The molecule has 1 saturated heterocycles. The Bertz CT molecular complexity index is 609. The van der Waals surface area contributed by atoms with Crippen molar-refractivity contribution >= 4 is 11.9 Å². The molecule has 7 nitrogen and oxygen atoms in total. The number of amides is 1. The van der Waals surface area contributed by atoms with Crippen LogP contribution < -0.4 is 14.8 Å². The Morgan fingerprint density at radius 1 is 1.29 bits per heavy atom. The highest BCUT2D eigenvalue weighted by atomic mass is 16.5. The number of aliphatic carboxylic acids is 1. The molecule has 0 aromatic heterocycles. The molecular formula is C17H23NO6. The lowest BCUT2D eigenvalue weighted by Gasteiger charge is -2.28. The molecule has 0 bridgehead atoms. The van der Waals surface area contributed by atoms with Gasteiger partial charge in [0.25, 0.3) is 5.91 Å². The first-order valence-electron chi connectivity index (χ1n) is 7.82. The van der Waals surface area contributed by atoms with Gasteiger partial charge in [-0.05, 0) is 37.5 Å². The van der Waals surface area contributed by atoms with E-state index in [4.69, 9.17) is 14.2 Å². The largest absolute Gasteiger partial charge is 0.493 e. The van der Waals surface area contributed by atoms with Crippen LogP contribution in [0.5, 0.6) is 11.5 Å². The molecule has 0 radical (unpaired) electrons. The summed E-state index contributed by atoms with van der Waals surface area (Å²) in [5.74, 6) is -0.813. The monoisotopic (exact) mass is 337 g/mol. The Kier molecular flexibility index (Phi) is 6.03. The molecule has 0 aliphatic carbocycles. The third-order valence-corrected chi connectivity index (χ3v) is 4.19. The van der Waals surface area contributed by atoms with E-state index in [1.807, 2.05) is 0 Å². The van der Waals surface area contributed by atoms with Crippen molar-refractivity contribution < 1.29 is 28.9 Å². The molecule has 2 N–H and O–H groups in total. The lowest BCUT2D eigenvalue weighted by molar-refractivity contribution is -0.142. The molecule has 0 saturated carbocycles. The number of hydrogen-bond donors (Lipinski definition) is 2. The number of ether oxygens (including phenoxy) is 3. The summed E-state index contributed by atoms with van der Waals surface area (Å²) in [5.41, 5.74) is 1.03. The smallest absolute Gasteiger partial charge is 0.326 e. The highest BCUT2D eigenvalue weighted by Crippen LogP contribution is 2.30. The summed E-state index contributed by atoms with van der Waals surface area (Å²) in [6.45, 7) is 2.73. The van der Waals surface area contributed by atoms with Gasteiger partial charge in [0, 0.05) is 18.1 Å². The van der Waals surface area contributed by atoms with E-state index in [0.29, 0.717) is 42.3 Å². The minimum absolute atomic E-state index is 0.236. The van der Waals surface area contributed by atoms with E-state index in [1.54, 1.807) is 19.1 Å². The van der Waals surface area contributed by atoms with Crippen molar-refractivity contribution in [2.75, 3.05) is 27.4 Å². The number of benzene rings is 1. The quantitative estimate of drug-likeness (QED) is 0.819. The zero-order chi connectivity index (χ0) is 17.7. The Hall–Kier alpha value is -2.28. The molecule has 2 rings (SSSR count). The van der Waals surface area contributed by atoms with Crippen molar-refractivity contribution in [2.45, 2.75) is 25.8 Å². The lowest BCUT2D eigenvalue weighted by atomic mass is 9.93. The molecule has 132 valence electrons. The molecule has 1 fully saturated rings. The summed E-state index contributed by atoms with van der Waals surface area (Å²) < 4.78 is 15.7. The number of hydrogen-bond acceptors (Lipinski definition) is 5. The Balaban J connectivity index is 2.22. The maximum Gasteiger partial charge on any atom is 0.326 e. The predicted octanol–water partition coefficient (Wildman–Crippen LogP) is 1.62. The Morgan fingerprint density at radius 2 is 1.96 bits per heavy atom. The van der Waals surface area contributed by atoms with Crippen molar-refractivity contribution in [3.05, 3.63) is 23.3 Å². The van der Waals surface area contributed by atoms with Gasteiger partial charge in [-0.1, -0.05) is 0 Å². The van der Waals surface area contributed by atoms with Gasteiger partial charge in [-0.25, -0.2) is 4.79 Å². The van der Waals surface area contributed by atoms with Crippen molar-refractivity contribution in [2.24, 2.45) is 5.92 Å². The molecule has 1 heterocycles. The topological polar surface area (TPSA) is 94.1 Å². The van der Waals surface area contributed by atoms with Gasteiger partial charge in [0.2, 0.25) is 0 Å². The molecule has 1 aliphatic heterocycles. The zero-order valence-corrected chi connectivity index (χ0v) is 14.1. The number of carbonyl (C=O) groups excluding carboxylic acids is 1. The lowest BCUT2D eigenvalue weighted by Crippen LogP contribution is -2.48. The molecule has 24 heavy (non-hydrogen) atoms. The fraction of sp³-hybridized carbons (Fsp3) is 0.529. The van der Waals surface area contributed by atoms with E-state index < -0.39 is 17.9 Å². The van der Waals surface area contributed by atoms with Gasteiger partial charge < -0.3 is 24.6 Å². The molecule has 1 aliphatic rings. The molecule has 2 atom stereocenters. The summed E-state index contributed by atoms with van der Waals surface area (Å²) >= 11 is 0. The third-order valence-electron chi connectivity index (χ3n) is 4.19. The predicted molar refractivity (Wildman–Crippen MR) is 86.7 cm³/mol. The number of nitrogens with one attached hydrogen (secondary N) is 1. The minimum Gasteiger partial charge on any atom is -0.493 e. The molecule has 7 heteroatoms. The highest BCUT2D eigenvalue weighted by molar-refractivity contribution is 5.98. The van der Waals surface area contributed by atoms with Gasteiger partial charge in [0.1, 0.15) is 6.04 Å². The minimum atomic E-state index is -1.06. The van der Waals surface area contributed by atoms with Crippen LogP contribution in [-0.2, 0) is 9.53 Å². The van der Waals surface area contributed by atoms with Gasteiger partial charge in [-0.2, -0.15) is 0 Å². The van der Waals surface area contributed by atoms with Crippen molar-refractivity contribution in [1.29, 1.82) is 0 Å². The normalized spacial score (nSPS) is 18.5. The number of aryl methyl sites for hydroxylation is 1. The second-order valence-corrected chi connectivity index (χ2v) is 5.79. The van der Waals surface area contributed by atoms with Crippen LogP contribution in [0.2, 0.25) is 0 Å². The first-order valence-corrected chi connectivity index (χ1v) is 7.82. The van der Waals surface area contributed by atoms with E-state index in [9.17, 15) is 14.7 Å². The van der Waals surface area contributed by atoms with E-state index in [0.717, 1.165) is 6.42 Å². The van der Waals surface area contributed by atoms with Crippen molar-refractivity contribution in [3.8, 4) is 11.5 Å². The summed E-state index contributed by atoms with van der Waals surface area (Å²) in [5, 5.41) is 12.1. The first-order chi connectivity index (χ1) is 11.5. The van der Waals surface area contributed by atoms with Crippen LogP contribution >= 0.6 is 0 Å². The van der Waals surface area contributed by atoms with Crippen LogP contribution in [-0.4, -0.2) is 50.5 Å². The van der Waals surface area contributed by atoms with Crippen LogP contribution in [0.25, 0.3) is 0 Å². The molecule has 0 spiro atoms. The Labute approximate surface area is 140 Å². The summed E-state index contributed by atoms with van der Waals surface area (Å²) in [6.07, 6.45) is 1.50. The average molecular weight is 337 g/mol. The van der Waals surface area contributed by atoms with Gasteiger partial charge in [0.05, 0.1) is 20.8 Å². The van der Waals surface area contributed by atoms with E-state index in [2.05, 4.69) is 5.32 Å². The summed E-state index contributed by atoms with van der Waals surface area (Å²) in [7, 11) is 2.99. The number of rotatable bonds is 6. The van der Waals surface area contributed by atoms with Crippen LogP contribution in [0.3, 0.4) is 0 Å². The molecule has 1 amide bonds. The summed E-state index contributed by atoms with van der Waals surface area (Å²) in [4.78, 5) is 24.1. The molecule has 1 aromatic rings. The Morgan fingerprint density at radius 3 is 2.50 bits per heavy atom. The number of carboxylic acid groups (broad SMARTS) is 1. The van der Waals surface area contributed by atoms with Crippen LogP contribution in [0.15, 0.2) is 12.1 Å². The van der Waals surface area contributed by atoms with E-state index in [-0.39, 0.29) is 5.92 Å². The second kappa shape index (κ2) is 8.01. The van der Waals surface area contributed by atoms with Gasteiger partial charge in [-0.15, -0.1) is 0 Å². The molecule has 1 aromatic carbocycles. The molecule has 2 unspecified atom stereocenters. The molecular weight excluding hydrogens is 314 g/mol. The van der Waals surface area contributed by atoms with E-state index >= 15 is 0 Å². The third kappa shape index (κ3) is 3.97. The summed E-state index contributed by atoms with van der Waals surface area (Å²) in [6, 6.07) is 2.26. The SMILES string of the molecule is COc1cc(C)c(C(=O)NC(C(=O)O)C2CCCOC2)cc1OC. The first kappa shape index (κ1) is 18.1. The average Bonchev–Trinajstić information content (AvgIpc) is 2.59. The maximum absolute atomic E-state index is 12.6. The fourth-order valence-electron chi connectivity index (χ4n) is 2.85. The van der Waals surface area contributed by atoms with Gasteiger partial charge >= 0.3 is 5.97 Å². The second-order valence-electron chi connectivity index (χ2n) is 5.79. The number of carboxylic acids is 1. The van der Waals surface area contributed by atoms with Crippen LogP contribution in [0.1, 0.15) is 28.8 Å². The van der Waals surface area contributed by atoms with E-state index in [1.165, 1.54) is 14.2 Å². The van der Waals surface area contributed by atoms with Crippen LogP contribution in [0.4, 0.5) is 0 Å². The van der Waals surface area contributed by atoms with Gasteiger partial charge in [0.15, 0.2) is 11.5 Å². The van der Waals surface area contributed by atoms with Crippen molar-refractivity contribution in [1.82, 2.24) is 5.32 Å². The highest BCUT2D eigenvalue weighted by Gasteiger charge is 2.32. The number of carbonyl (C=O) groups is 2. The van der Waals surface area contributed by atoms with Crippen molar-refractivity contribution in [3.63, 3.8) is 0 Å². The maximum atomic E-state index is 12.6. The zero-order valence-electron chi connectivity index (χ0n) is 14.1. The van der Waals surface area contributed by atoms with Gasteiger partial charge in [-0.3, -0.25) is 4.79 Å². The number of methoxy groups -OCH3 is 2. The fourth-order valence-corrected chi connectivity index (χ4v) is 2.85. The van der Waals surface area contributed by atoms with Crippen LogP contribution in [0, 0.1) is 12.8 Å².